The minimum absolute atomic E-state index is 0.0605. The summed E-state index contributed by atoms with van der Waals surface area (Å²) in [6.45, 7) is 4.39. The zero-order valence-corrected chi connectivity index (χ0v) is 18.8. The highest BCUT2D eigenvalue weighted by Gasteiger charge is 2.51. The summed E-state index contributed by atoms with van der Waals surface area (Å²) in [5.41, 5.74) is 2.36. The molecule has 0 radical (unpaired) electrons. The lowest BCUT2D eigenvalue weighted by Gasteiger charge is -2.36. The number of benzene rings is 1. The molecule has 2 fully saturated rings. The standard InChI is InChI=1S/C24H27N5O4/c1-16-3-4-20(31-2)19(13-16)26-23(30)29-14-18(24(15-29)7-11-32-12-8-24)22-28-27-21(33-22)17-5-9-25-10-6-17/h3-6,9-10,13,18H,7-8,11-12,14-15H2,1-2H3,(H,26,30). The van der Waals surface area contributed by atoms with E-state index in [1.54, 1.807) is 19.5 Å². The highest BCUT2D eigenvalue weighted by molar-refractivity contribution is 5.91. The van der Waals surface area contributed by atoms with E-state index in [2.05, 4.69) is 20.5 Å². The van der Waals surface area contributed by atoms with Gasteiger partial charge in [-0.1, -0.05) is 6.07 Å². The Morgan fingerprint density at radius 1 is 1.18 bits per heavy atom. The molecule has 0 aliphatic carbocycles. The van der Waals surface area contributed by atoms with Crippen molar-refractivity contribution in [2.75, 3.05) is 38.7 Å². The van der Waals surface area contributed by atoms with Crippen LogP contribution < -0.4 is 10.1 Å². The van der Waals surface area contributed by atoms with E-state index in [-0.39, 0.29) is 17.4 Å². The summed E-state index contributed by atoms with van der Waals surface area (Å²) in [6.07, 6.45) is 5.06. The molecule has 33 heavy (non-hydrogen) atoms. The number of amides is 2. The third kappa shape index (κ3) is 4.16. The maximum absolute atomic E-state index is 13.3. The number of rotatable bonds is 4. The van der Waals surface area contributed by atoms with Crippen molar-refractivity contribution in [2.24, 2.45) is 5.41 Å². The first kappa shape index (κ1) is 21.4. The molecule has 3 aromatic rings. The molecule has 0 bridgehead atoms. The van der Waals surface area contributed by atoms with Gasteiger partial charge < -0.3 is 24.1 Å². The molecule has 1 atom stereocenters. The minimum atomic E-state index is -0.166. The molecule has 1 spiro atoms. The molecular formula is C24H27N5O4. The predicted molar refractivity (Wildman–Crippen MR) is 121 cm³/mol. The van der Waals surface area contributed by atoms with Gasteiger partial charge in [0.1, 0.15) is 5.75 Å². The first-order valence-electron chi connectivity index (χ1n) is 11.1. The zero-order valence-electron chi connectivity index (χ0n) is 18.8. The van der Waals surface area contributed by atoms with Crippen molar-refractivity contribution < 1.29 is 18.7 Å². The zero-order chi connectivity index (χ0) is 22.8. The fourth-order valence-corrected chi connectivity index (χ4v) is 4.85. The molecule has 1 aromatic carbocycles. The Hall–Kier alpha value is -3.46. The summed E-state index contributed by atoms with van der Waals surface area (Å²) < 4.78 is 17.2. The number of ether oxygens (including phenoxy) is 2. The third-order valence-electron chi connectivity index (χ3n) is 6.69. The third-order valence-corrected chi connectivity index (χ3v) is 6.69. The van der Waals surface area contributed by atoms with Crippen LogP contribution in [0.2, 0.25) is 0 Å². The Bertz CT molecular complexity index is 1130. The van der Waals surface area contributed by atoms with Crippen LogP contribution >= 0.6 is 0 Å². The number of likely N-dealkylation sites (tertiary alicyclic amines) is 1. The van der Waals surface area contributed by atoms with Crippen LogP contribution in [-0.2, 0) is 4.74 Å². The maximum atomic E-state index is 13.3. The highest BCUT2D eigenvalue weighted by atomic mass is 16.5. The largest absolute Gasteiger partial charge is 0.495 e. The van der Waals surface area contributed by atoms with Crippen LogP contribution in [0.4, 0.5) is 10.5 Å². The maximum Gasteiger partial charge on any atom is 0.321 e. The Morgan fingerprint density at radius 2 is 1.97 bits per heavy atom. The van der Waals surface area contributed by atoms with Crippen molar-refractivity contribution in [2.45, 2.75) is 25.7 Å². The van der Waals surface area contributed by atoms with E-state index in [0.717, 1.165) is 24.0 Å². The average molecular weight is 450 g/mol. The molecule has 9 nitrogen and oxygen atoms in total. The number of hydrogen-bond acceptors (Lipinski definition) is 7. The van der Waals surface area contributed by atoms with Gasteiger partial charge in [0.2, 0.25) is 11.8 Å². The highest BCUT2D eigenvalue weighted by Crippen LogP contribution is 2.49. The van der Waals surface area contributed by atoms with Crippen molar-refractivity contribution in [1.82, 2.24) is 20.1 Å². The van der Waals surface area contributed by atoms with Crippen LogP contribution in [-0.4, -0.2) is 59.5 Å². The van der Waals surface area contributed by atoms with Crippen LogP contribution in [0.25, 0.3) is 11.5 Å². The fraction of sp³-hybridized carbons (Fsp3) is 0.417. The molecule has 2 aromatic heterocycles. The van der Waals surface area contributed by atoms with Gasteiger partial charge >= 0.3 is 6.03 Å². The molecule has 2 aliphatic rings. The Morgan fingerprint density at radius 3 is 2.73 bits per heavy atom. The number of pyridine rings is 1. The van der Waals surface area contributed by atoms with Gasteiger partial charge in [0.05, 0.1) is 18.7 Å². The Balaban J connectivity index is 1.40. The van der Waals surface area contributed by atoms with E-state index >= 15 is 0 Å². The summed E-state index contributed by atoms with van der Waals surface area (Å²) in [6, 6.07) is 9.23. The van der Waals surface area contributed by atoms with Gasteiger partial charge in [-0.05, 0) is 49.6 Å². The number of urea groups is 1. The number of hydrogen-bond donors (Lipinski definition) is 1. The molecule has 2 aliphatic heterocycles. The average Bonchev–Trinajstić information content (AvgIpc) is 3.46. The molecule has 5 rings (SSSR count). The first-order chi connectivity index (χ1) is 16.1. The molecule has 9 heteroatoms. The van der Waals surface area contributed by atoms with Crippen molar-refractivity contribution in [3.63, 3.8) is 0 Å². The molecule has 2 amide bonds. The van der Waals surface area contributed by atoms with Crippen LogP contribution in [0.15, 0.2) is 47.1 Å². The van der Waals surface area contributed by atoms with Gasteiger partial charge in [-0.2, -0.15) is 0 Å². The van der Waals surface area contributed by atoms with E-state index in [1.165, 1.54) is 0 Å². The van der Waals surface area contributed by atoms with Crippen LogP contribution in [0.5, 0.6) is 5.75 Å². The van der Waals surface area contributed by atoms with E-state index in [1.807, 2.05) is 42.2 Å². The number of anilines is 1. The van der Waals surface area contributed by atoms with E-state index in [9.17, 15) is 4.79 Å². The lowest BCUT2D eigenvalue weighted by Crippen LogP contribution is -2.38. The lowest BCUT2D eigenvalue weighted by molar-refractivity contribution is 0.0104. The van der Waals surface area contributed by atoms with Crippen LogP contribution in [0.1, 0.15) is 30.2 Å². The Kier molecular flexibility index (Phi) is 5.72. The number of nitrogens with one attached hydrogen (secondary N) is 1. The van der Waals surface area contributed by atoms with Gasteiger partial charge in [0.15, 0.2) is 0 Å². The number of carbonyl (C=O) groups is 1. The lowest BCUT2D eigenvalue weighted by atomic mass is 9.72. The van der Waals surface area contributed by atoms with Gasteiger partial charge in [-0.25, -0.2) is 4.79 Å². The number of methoxy groups -OCH3 is 1. The molecule has 0 saturated carbocycles. The van der Waals surface area contributed by atoms with Crippen LogP contribution in [0, 0.1) is 12.3 Å². The van der Waals surface area contributed by atoms with Crippen molar-refractivity contribution in [3.05, 3.63) is 54.2 Å². The predicted octanol–water partition coefficient (Wildman–Crippen LogP) is 3.88. The van der Waals surface area contributed by atoms with Gasteiger partial charge in [-0.15, -0.1) is 10.2 Å². The molecule has 2 saturated heterocycles. The summed E-state index contributed by atoms with van der Waals surface area (Å²) >= 11 is 0. The number of aryl methyl sites for hydroxylation is 1. The van der Waals surface area contributed by atoms with E-state index in [4.69, 9.17) is 13.9 Å². The summed E-state index contributed by atoms with van der Waals surface area (Å²) in [5.74, 6) is 1.59. The fourth-order valence-electron chi connectivity index (χ4n) is 4.85. The molecule has 172 valence electrons. The summed E-state index contributed by atoms with van der Waals surface area (Å²) in [4.78, 5) is 19.2. The van der Waals surface area contributed by atoms with E-state index in [0.29, 0.717) is 49.5 Å². The minimum Gasteiger partial charge on any atom is -0.495 e. The Labute approximate surface area is 192 Å². The van der Waals surface area contributed by atoms with Gasteiger partial charge in [-0.3, -0.25) is 4.98 Å². The first-order valence-corrected chi connectivity index (χ1v) is 11.1. The topological polar surface area (TPSA) is 103 Å². The number of nitrogens with zero attached hydrogens (tertiary/aromatic N) is 4. The molecule has 4 heterocycles. The molecular weight excluding hydrogens is 422 g/mol. The normalized spacial score (nSPS) is 19.6. The summed E-state index contributed by atoms with van der Waals surface area (Å²) in [5, 5.41) is 11.7. The number of carbonyl (C=O) groups excluding carboxylic acids is 1. The SMILES string of the molecule is COc1ccc(C)cc1NC(=O)N1CC(c2nnc(-c3ccncc3)o2)C2(CCOCC2)C1. The second kappa shape index (κ2) is 8.82. The summed E-state index contributed by atoms with van der Waals surface area (Å²) in [7, 11) is 1.60. The molecule has 1 unspecified atom stereocenters. The van der Waals surface area contributed by atoms with Crippen molar-refractivity contribution in [1.29, 1.82) is 0 Å². The molecule has 1 N–H and O–H groups in total. The van der Waals surface area contributed by atoms with Crippen molar-refractivity contribution in [3.8, 4) is 17.2 Å². The number of aromatic nitrogens is 3. The smallest absolute Gasteiger partial charge is 0.321 e. The van der Waals surface area contributed by atoms with E-state index < -0.39 is 0 Å². The van der Waals surface area contributed by atoms with Crippen LogP contribution in [0.3, 0.4) is 0 Å². The second-order valence-electron chi connectivity index (χ2n) is 8.72. The quantitative estimate of drug-likeness (QED) is 0.645. The van der Waals surface area contributed by atoms with Gasteiger partial charge in [0, 0.05) is 49.7 Å². The second-order valence-corrected chi connectivity index (χ2v) is 8.72. The van der Waals surface area contributed by atoms with Gasteiger partial charge in [0.25, 0.3) is 0 Å². The van der Waals surface area contributed by atoms with Crippen molar-refractivity contribution >= 4 is 11.7 Å². The monoisotopic (exact) mass is 449 g/mol.